The van der Waals surface area contributed by atoms with E-state index in [1.54, 1.807) is 12.1 Å². The molecular formula is C21H26N4O2. The second-order valence-corrected chi connectivity index (χ2v) is 7.86. The van der Waals surface area contributed by atoms with E-state index >= 15 is 0 Å². The van der Waals surface area contributed by atoms with E-state index in [4.69, 9.17) is 0 Å². The van der Waals surface area contributed by atoms with Gasteiger partial charge in [0.2, 0.25) is 5.91 Å². The van der Waals surface area contributed by atoms with E-state index in [0.717, 1.165) is 41.8 Å². The molecule has 6 nitrogen and oxygen atoms in total. The van der Waals surface area contributed by atoms with Gasteiger partial charge in [0.05, 0.1) is 22.4 Å². The van der Waals surface area contributed by atoms with Gasteiger partial charge in [-0.3, -0.25) is 9.59 Å². The standard InChI is InChI=1S/C21H26N4O2/c1-13-14(2)24-19-10-16(7-8-18(19)23-13)21(27)22-11-15-9-20(26)25(12-15)17-5-3-4-6-17/h7-8,10,15,17H,3-6,9,11-12H2,1-2H3,(H,22,27)/t15-/m1/s1. The minimum Gasteiger partial charge on any atom is -0.352 e. The fourth-order valence-corrected chi connectivity index (χ4v) is 4.23. The molecule has 0 spiro atoms. The van der Waals surface area contributed by atoms with Crippen LogP contribution in [0.4, 0.5) is 0 Å². The lowest BCUT2D eigenvalue weighted by atomic mass is 10.1. The third kappa shape index (κ3) is 3.66. The molecule has 0 unspecified atom stereocenters. The Kier molecular flexibility index (Phi) is 4.81. The SMILES string of the molecule is Cc1nc2ccc(C(=O)NC[C@H]3CC(=O)N(C4CCCC4)C3)cc2nc1C. The number of carbonyl (C=O) groups excluding carboxylic acids is 2. The minimum atomic E-state index is -0.122. The molecule has 1 aromatic heterocycles. The Balaban J connectivity index is 1.39. The van der Waals surface area contributed by atoms with Crippen LogP contribution in [-0.2, 0) is 4.79 Å². The minimum absolute atomic E-state index is 0.122. The summed E-state index contributed by atoms with van der Waals surface area (Å²) in [4.78, 5) is 35.9. The molecule has 2 aliphatic rings. The van der Waals surface area contributed by atoms with Crippen LogP contribution >= 0.6 is 0 Å². The van der Waals surface area contributed by atoms with Gasteiger partial charge in [-0.05, 0) is 44.9 Å². The van der Waals surface area contributed by atoms with Crippen LogP contribution in [0, 0.1) is 19.8 Å². The highest BCUT2D eigenvalue weighted by Crippen LogP contribution is 2.29. The number of fused-ring (bicyclic) bond motifs is 1. The number of carbonyl (C=O) groups is 2. The molecule has 0 radical (unpaired) electrons. The smallest absolute Gasteiger partial charge is 0.251 e. The van der Waals surface area contributed by atoms with E-state index in [9.17, 15) is 9.59 Å². The van der Waals surface area contributed by atoms with Crippen molar-refractivity contribution >= 4 is 22.8 Å². The second-order valence-electron chi connectivity index (χ2n) is 7.86. The summed E-state index contributed by atoms with van der Waals surface area (Å²) in [7, 11) is 0. The van der Waals surface area contributed by atoms with Gasteiger partial charge in [-0.15, -0.1) is 0 Å². The average Bonchev–Trinajstić information content (AvgIpc) is 3.29. The maximum atomic E-state index is 12.6. The van der Waals surface area contributed by atoms with Crippen molar-refractivity contribution in [2.45, 2.75) is 52.0 Å². The Morgan fingerprint density at radius 3 is 2.59 bits per heavy atom. The monoisotopic (exact) mass is 366 g/mol. The van der Waals surface area contributed by atoms with Crippen LogP contribution < -0.4 is 5.32 Å². The fourth-order valence-electron chi connectivity index (χ4n) is 4.23. The molecule has 1 aliphatic heterocycles. The Morgan fingerprint density at radius 2 is 1.85 bits per heavy atom. The molecule has 27 heavy (non-hydrogen) atoms. The van der Waals surface area contributed by atoms with Gasteiger partial charge in [-0.2, -0.15) is 0 Å². The number of aromatic nitrogens is 2. The van der Waals surface area contributed by atoms with Crippen LogP contribution in [0.25, 0.3) is 11.0 Å². The van der Waals surface area contributed by atoms with E-state index < -0.39 is 0 Å². The second kappa shape index (κ2) is 7.25. The van der Waals surface area contributed by atoms with Gasteiger partial charge in [-0.25, -0.2) is 9.97 Å². The lowest BCUT2D eigenvalue weighted by molar-refractivity contribution is -0.129. The van der Waals surface area contributed by atoms with E-state index in [0.29, 0.717) is 24.6 Å². The molecule has 1 N–H and O–H groups in total. The number of hydrogen-bond donors (Lipinski definition) is 1. The van der Waals surface area contributed by atoms with E-state index in [2.05, 4.69) is 15.3 Å². The van der Waals surface area contributed by atoms with Crippen LogP contribution in [0.3, 0.4) is 0 Å². The Labute approximate surface area is 159 Å². The molecule has 6 heteroatoms. The molecule has 1 saturated heterocycles. The quantitative estimate of drug-likeness (QED) is 0.903. The van der Waals surface area contributed by atoms with Crippen LogP contribution in [0.15, 0.2) is 18.2 Å². The van der Waals surface area contributed by atoms with Gasteiger partial charge in [0.25, 0.3) is 5.91 Å². The largest absolute Gasteiger partial charge is 0.352 e. The average molecular weight is 366 g/mol. The zero-order chi connectivity index (χ0) is 19.0. The Morgan fingerprint density at radius 1 is 1.15 bits per heavy atom. The van der Waals surface area contributed by atoms with Gasteiger partial charge in [0.15, 0.2) is 0 Å². The number of rotatable bonds is 4. The first-order chi connectivity index (χ1) is 13.0. The molecule has 1 aromatic carbocycles. The number of benzene rings is 1. The summed E-state index contributed by atoms with van der Waals surface area (Å²) in [6, 6.07) is 5.83. The molecule has 2 fully saturated rings. The first-order valence-corrected chi connectivity index (χ1v) is 9.84. The molecule has 2 amide bonds. The van der Waals surface area contributed by atoms with Gasteiger partial charge >= 0.3 is 0 Å². The van der Waals surface area contributed by atoms with Gasteiger partial charge in [0, 0.05) is 37.0 Å². The molecule has 4 rings (SSSR count). The van der Waals surface area contributed by atoms with Crippen molar-refractivity contribution in [2.24, 2.45) is 5.92 Å². The van der Waals surface area contributed by atoms with Crippen molar-refractivity contribution in [3.63, 3.8) is 0 Å². The van der Waals surface area contributed by atoms with Gasteiger partial charge in [-0.1, -0.05) is 12.8 Å². The summed E-state index contributed by atoms with van der Waals surface area (Å²) in [5.74, 6) is 0.323. The first kappa shape index (κ1) is 17.9. The van der Waals surface area contributed by atoms with E-state index in [1.165, 1.54) is 12.8 Å². The normalized spacial score (nSPS) is 20.6. The molecule has 1 atom stereocenters. The predicted octanol–water partition coefficient (Wildman–Crippen LogP) is 2.77. The summed E-state index contributed by atoms with van der Waals surface area (Å²) in [6.45, 7) is 5.15. The summed E-state index contributed by atoms with van der Waals surface area (Å²) in [5, 5.41) is 3.00. The third-order valence-electron chi connectivity index (χ3n) is 5.89. The fraction of sp³-hybridized carbons (Fsp3) is 0.524. The third-order valence-corrected chi connectivity index (χ3v) is 5.89. The molecule has 142 valence electrons. The van der Waals surface area contributed by atoms with Crippen LogP contribution in [0.2, 0.25) is 0 Å². The first-order valence-electron chi connectivity index (χ1n) is 9.84. The van der Waals surface area contributed by atoms with Crippen LogP contribution in [0.5, 0.6) is 0 Å². The van der Waals surface area contributed by atoms with Crippen molar-refractivity contribution in [2.75, 3.05) is 13.1 Å². The topological polar surface area (TPSA) is 75.2 Å². The molecule has 0 bridgehead atoms. The number of likely N-dealkylation sites (tertiary alicyclic amines) is 1. The summed E-state index contributed by atoms with van der Waals surface area (Å²) < 4.78 is 0. The Hall–Kier alpha value is -2.50. The molecule has 2 aromatic rings. The van der Waals surface area contributed by atoms with Crippen LogP contribution in [-0.4, -0.2) is 45.8 Å². The lowest BCUT2D eigenvalue weighted by Gasteiger charge is -2.24. The predicted molar refractivity (Wildman–Crippen MR) is 103 cm³/mol. The number of hydrogen-bond acceptors (Lipinski definition) is 4. The van der Waals surface area contributed by atoms with Crippen molar-refractivity contribution < 1.29 is 9.59 Å². The molecular weight excluding hydrogens is 340 g/mol. The number of nitrogens with zero attached hydrogens (tertiary/aromatic N) is 3. The van der Waals surface area contributed by atoms with E-state index in [-0.39, 0.29) is 17.7 Å². The van der Waals surface area contributed by atoms with Gasteiger partial charge in [0.1, 0.15) is 0 Å². The Bertz CT molecular complexity index is 889. The van der Waals surface area contributed by atoms with Gasteiger partial charge < -0.3 is 10.2 Å². The van der Waals surface area contributed by atoms with Crippen LogP contribution in [0.1, 0.15) is 53.8 Å². The molecule has 1 aliphatic carbocycles. The number of amides is 2. The zero-order valence-corrected chi connectivity index (χ0v) is 16.0. The summed E-state index contributed by atoms with van der Waals surface area (Å²) in [6.07, 6.45) is 5.24. The summed E-state index contributed by atoms with van der Waals surface area (Å²) >= 11 is 0. The van der Waals surface area contributed by atoms with Crippen molar-refractivity contribution in [3.05, 3.63) is 35.2 Å². The highest BCUT2D eigenvalue weighted by atomic mass is 16.2. The maximum Gasteiger partial charge on any atom is 0.251 e. The number of nitrogens with one attached hydrogen (secondary N) is 1. The van der Waals surface area contributed by atoms with E-state index in [1.807, 2.05) is 24.8 Å². The summed E-state index contributed by atoms with van der Waals surface area (Å²) in [5.41, 5.74) is 3.88. The molecule has 2 heterocycles. The van der Waals surface area contributed by atoms with Crippen molar-refractivity contribution in [1.29, 1.82) is 0 Å². The zero-order valence-electron chi connectivity index (χ0n) is 16.0. The maximum absolute atomic E-state index is 12.6. The molecule has 1 saturated carbocycles. The van der Waals surface area contributed by atoms with Crippen molar-refractivity contribution in [3.8, 4) is 0 Å². The highest BCUT2D eigenvalue weighted by molar-refractivity contribution is 5.97. The highest BCUT2D eigenvalue weighted by Gasteiger charge is 2.35. The lowest BCUT2D eigenvalue weighted by Crippen LogP contribution is -2.36. The van der Waals surface area contributed by atoms with Crippen molar-refractivity contribution in [1.82, 2.24) is 20.2 Å². The number of aryl methyl sites for hydroxylation is 2.